The van der Waals surface area contributed by atoms with Crippen LogP contribution in [0.3, 0.4) is 0 Å². The molecular formula is C21H27ClF2N4O3S. The van der Waals surface area contributed by atoms with Gasteiger partial charge in [0.2, 0.25) is 5.95 Å². The Morgan fingerprint density at radius 1 is 1.28 bits per heavy atom. The van der Waals surface area contributed by atoms with E-state index in [0.717, 1.165) is 44.3 Å². The van der Waals surface area contributed by atoms with E-state index >= 15 is 0 Å². The third kappa shape index (κ3) is 5.31. The summed E-state index contributed by atoms with van der Waals surface area (Å²) in [5.74, 6) is -2.09. The molecule has 32 heavy (non-hydrogen) atoms. The van der Waals surface area contributed by atoms with Crippen LogP contribution in [0.2, 0.25) is 5.02 Å². The number of hydrogen-bond donors (Lipinski definition) is 1. The summed E-state index contributed by atoms with van der Waals surface area (Å²) in [6.45, 7) is 7.75. The van der Waals surface area contributed by atoms with Gasteiger partial charge in [0.1, 0.15) is 16.5 Å². The lowest BCUT2D eigenvalue weighted by Gasteiger charge is -2.33. The zero-order valence-corrected chi connectivity index (χ0v) is 19.8. The molecule has 0 amide bonds. The monoisotopic (exact) mass is 488 g/mol. The Hall–Kier alpha value is -2.01. The van der Waals surface area contributed by atoms with Gasteiger partial charge in [-0.25, -0.2) is 17.8 Å². The Morgan fingerprint density at radius 2 is 2.00 bits per heavy atom. The number of benzene rings is 1. The van der Waals surface area contributed by atoms with Gasteiger partial charge in [-0.1, -0.05) is 31.5 Å². The molecule has 0 radical (unpaired) electrons. The van der Waals surface area contributed by atoms with Gasteiger partial charge in [0, 0.05) is 32.8 Å². The van der Waals surface area contributed by atoms with Gasteiger partial charge in [0.15, 0.2) is 0 Å². The minimum atomic E-state index is -4.36. The van der Waals surface area contributed by atoms with Crippen molar-refractivity contribution in [1.29, 1.82) is 0 Å². The predicted molar refractivity (Wildman–Crippen MR) is 121 cm³/mol. The second-order valence-corrected chi connectivity index (χ2v) is 9.76. The molecular weight excluding hydrogens is 462 g/mol. The molecule has 0 unspecified atom stereocenters. The fourth-order valence-electron chi connectivity index (χ4n) is 3.89. The van der Waals surface area contributed by atoms with Gasteiger partial charge in [0.25, 0.3) is 10.0 Å². The summed E-state index contributed by atoms with van der Waals surface area (Å²) in [7, 11) is -2.70. The third-order valence-corrected chi connectivity index (χ3v) is 7.41. The maximum absolute atomic E-state index is 14.9. The van der Waals surface area contributed by atoms with Crippen LogP contribution in [0.15, 0.2) is 35.2 Å². The first-order valence-electron chi connectivity index (χ1n) is 10.3. The number of likely N-dealkylation sites (N-methyl/N-ethyl adjacent to an activating group) is 1. The lowest BCUT2D eigenvalue weighted by Crippen LogP contribution is -2.46. The van der Waals surface area contributed by atoms with Crippen LogP contribution in [-0.4, -0.2) is 63.7 Å². The summed E-state index contributed by atoms with van der Waals surface area (Å²) >= 11 is 6.38. The van der Waals surface area contributed by atoms with Gasteiger partial charge in [-0.05, 0) is 37.7 Å². The molecule has 1 fully saturated rings. The molecule has 2 aromatic rings. The van der Waals surface area contributed by atoms with Crippen LogP contribution in [0.25, 0.3) is 0 Å². The van der Waals surface area contributed by atoms with E-state index in [2.05, 4.69) is 28.5 Å². The minimum absolute atomic E-state index is 0.0914. The Morgan fingerprint density at radius 3 is 2.62 bits per heavy atom. The molecule has 3 rings (SSSR count). The van der Waals surface area contributed by atoms with E-state index in [1.807, 2.05) is 4.90 Å². The van der Waals surface area contributed by atoms with E-state index in [9.17, 15) is 17.2 Å². The fraction of sp³-hybridized carbons (Fsp3) is 0.476. The maximum atomic E-state index is 14.9. The molecule has 1 aromatic heterocycles. The second kappa shape index (κ2) is 9.86. The average Bonchev–Trinajstić information content (AvgIpc) is 3.17. The van der Waals surface area contributed by atoms with E-state index in [1.54, 1.807) is 7.11 Å². The molecule has 2 heterocycles. The molecule has 0 spiro atoms. The highest BCUT2D eigenvalue weighted by Crippen LogP contribution is 2.36. The number of methoxy groups -OCH3 is 1. The number of pyridine rings is 1. The van der Waals surface area contributed by atoms with Gasteiger partial charge >= 0.3 is 0 Å². The van der Waals surface area contributed by atoms with Crippen molar-refractivity contribution in [3.8, 4) is 0 Å². The topological polar surface area (TPSA) is 74.8 Å². The molecule has 0 aliphatic carbocycles. The Balaban J connectivity index is 1.84. The normalized spacial score (nSPS) is 19.0. The first-order chi connectivity index (χ1) is 15.1. The van der Waals surface area contributed by atoms with Crippen LogP contribution >= 0.6 is 11.6 Å². The lowest BCUT2D eigenvalue weighted by molar-refractivity contribution is -0.0177. The first-order valence-corrected chi connectivity index (χ1v) is 12.2. The number of sulfonamides is 1. The molecule has 11 heteroatoms. The average molecular weight is 489 g/mol. The molecule has 1 aliphatic rings. The number of halogens is 3. The Bertz CT molecular complexity index is 1070. The van der Waals surface area contributed by atoms with Crippen LogP contribution in [0.4, 0.5) is 20.3 Å². The zero-order chi connectivity index (χ0) is 23.5. The maximum Gasteiger partial charge on any atom is 0.266 e. The molecule has 7 nitrogen and oxygen atoms in total. The fourth-order valence-corrected chi connectivity index (χ4v) is 5.32. The Kier molecular flexibility index (Phi) is 7.59. The van der Waals surface area contributed by atoms with Crippen molar-refractivity contribution >= 4 is 33.1 Å². The standard InChI is InChI=1S/C21H27ClF2N4O3S/c1-4-27(5-2)13-21(31-3)9-10-28(14-21)17-12-16(23)18(11-15(17)22)32(29,30)26-20-8-6-7-19(24)25-20/h6-8,11-12H,4-5,9-10,13-14H2,1-3H3,(H,25,26)/t21-/m1/s1. The van der Waals surface area contributed by atoms with Crippen LogP contribution < -0.4 is 9.62 Å². The summed E-state index contributed by atoms with van der Waals surface area (Å²) in [6.07, 6.45) is 0.727. The molecule has 1 aliphatic heterocycles. The zero-order valence-electron chi connectivity index (χ0n) is 18.2. The number of nitrogens with one attached hydrogen (secondary N) is 1. The quantitative estimate of drug-likeness (QED) is 0.542. The van der Waals surface area contributed by atoms with Crippen LogP contribution in [-0.2, 0) is 14.8 Å². The van der Waals surface area contributed by atoms with E-state index in [1.165, 1.54) is 12.1 Å². The first kappa shape index (κ1) is 24.6. The largest absolute Gasteiger partial charge is 0.375 e. The van der Waals surface area contributed by atoms with Crippen LogP contribution in [0, 0.1) is 11.8 Å². The van der Waals surface area contributed by atoms with Crippen molar-refractivity contribution in [2.24, 2.45) is 0 Å². The summed E-state index contributed by atoms with van der Waals surface area (Å²) in [5, 5.41) is 0.0914. The smallest absolute Gasteiger partial charge is 0.266 e. The van der Waals surface area contributed by atoms with E-state index < -0.39 is 32.3 Å². The summed E-state index contributed by atoms with van der Waals surface area (Å²) in [4.78, 5) is 6.96. The molecule has 0 saturated carbocycles. The van der Waals surface area contributed by atoms with Crippen molar-refractivity contribution in [3.05, 3.63) is 47.1 Å². The number of rotatable bonds is 9. The van der Waals surface area contributed by atoms with Crippen molar-refractivity contribution in [3.63, 3.8) is 0 Å². The molecule has 1 atom stereocenters. The number of anilines is 2. The van der Waals surface area contributed by atoms with E-state index in [4.69, 9.17) is 16.3 Å². The molecule has 0 bridgehead atoms. The highest BCUT2D eigenvalue weighted by molar-refractivity contribution is 7.92. The minimum Gasteiger partial charge on any atom is -0.375 e. The van der Waals surface area contributed by atoms with Crippen LogP contribution in [0.5, 0.6) is 0 Å². The molecule has 1 saturated heterocycles. The highest BCUT2D eigenvalue weighted by atomic mass is 35.5. The number of hydrogen-bond acceptors (Lipinski definition) is 6. The van der Waals surface area contributed by atoms with Crippen LogP contribution in [0.1, 0.15) is 20.3 Å². The van der Waals surface area contributed by atoms with Crippen molar-refractivity contribution in [1.82, 2.24) is 9.88 Å². The third-order valence-electron chi connectivity index (χ3n) is 5.74. The summed E-state index contributed by atoms with van der Waals surface area (Å²) in [5.41, 5.74) is -0.0354. The van der Waals surface area contributed by atoms with Crippen molar-refractivity contribution < 1.29 is 21.9 Å². The Labute approximate surface area is 192 Å². The van der Waals surface area contributed by atoms with Crippen molar-refractivity contribution in [2.75, 3.05) is 49.5 Å². The lowest BCUT2D eigenvalue weighted by atomic mass is 10.0. The summed E-state index contributed by atoms with van der Waals surface area (Å²) < 4.78 is 61.4. The van der Waals surface area contributed by atoms with E-state index in [-0.39, 0.29) is 10.8 Å². The van der Waals surface area contributed by atoms with Gasteiger partial charge in [0.05, 0.1) is 16.3 Å². The molecule has 1 N–H and O–H groups in total. The van der Waals surface area contributed by atoms with Crippen molar-refractivity contribution in [2.45, 2.75) is 30.8 Å². The predicted octanol–water partition coefficient (Wildman–Crippen LogP) is 3.75. The number of ether oxygens (including phenoxy) is 1. The van der Waals surface area contributed by atoms with Gasteiger partial charge in [-0.15, -0.1) is 0 Å². The summed E-state index contributed by atoms with van der Waals surface area (Å²) in [6, 6.07) is 5.80. The molecule has 176 valence electrons. The van der Waals surface area contributed by atoms with Gasteiger partial charge in [-0.3, -0.25) is 4.72 Å². The van der Waals surface area contributed by atoms with E-state index in [0.29, 0.717) is 18.8 Å². The molecule has 1 aromatic carbocycles. The van der Waals surface area contributed by atoms with Gasteiger partial charge < -0.3 is 14.5 Å². The second-order valence-electron chi connectivity index (χ2n) is 7.71. The number of nitrogens with zero attached hydrogens (tertiary/aromatic N) is 3. The van der Waals surface area contributed by atoms with Gasteiger partial charge in [-0.2, -0.15) is 4.39 Å². The SMILES string of the molecule is CCN(CC)C[C@]1(OC)CCN(c2cc(F)c(S(=O)(=O)Nc3cccc(F)n3)cc2Cl)C1. The number of aromatic nitrogens is 1. The highest BCUT2D eigenvalue weighted by Gasteiger charge is 2.40.